The maximum atomic E-state index is 10.4. The molecule has 0 unspecified atom stereocenters. The van der Waals surface area contributed by atoms with Crippen LogP contribution in [0.5, 0.6) is 0 Å². The van der Waals surface area contributed by atoms with Crippen LogP contribution in [0.3, 0.4) is 0 Å². The summed E-state index contributed by atoms with van der Waals surface area (Å²) in [6, 6.07) is 9.44. The lowest BCUT2D eigenvalue weighted by Gasteiger charge is -1.89. The lowest BCUT2D eigenvalue weighted by atomic mass is 10.2. The first-order chi connectivity index (χ1) is 8.16. The predicted octanol–water partition coefficient (Wildman–Crippen LogP) is 5.05. The number of carbonyl (C=O) groups is 1. The van der Waals surface area contributed by atoms with E-state index in [0.717, 1.165) is 11.4 Å². The number of halogens is 1. The Morgan fingerprint density at radius 3 is 2.29 bits per heavy atom. The average Bonchev–Trinajstić information content (AvgIpc) is 2.30. The maximum absolute atomic E-state index is 10.4. The lowest BCUT2D eigenvalue weighted by Crippen LogP contribution is -1.79. The Kier molecular flexibility index (Phi) is 10.7. The number of benzene rings is 1. The van der Waals surface area contributed by atoms with Crippen molar-refractivity contribution in [3.63, 3.8) is 0 Å². The summed E-state index contributed by atoms with van der Waals surface area (Å²) in [6.45, 7) is 3.75. The summed E-state index contributed by atoms with van der Waals surface area (Å²) in [5, 5.41) is 0.794. The van der Waals surface area contributed by atoms with E-state index in [2.05, 4.69) is 6.92 Å². The number of carbonyl (C=O) groups excluding carboxylic acids is 1. The van der Waals surface area contributed by atoms with Gasteiger partial charge in [0.05, 0.1) is 0 Å². The molecule has 0 N–H and O–H groups in total. The molecule has 0 aromatic heterocycles. The minimum atomic E-state index is 0.150. The van der Waals surface area contributed by atoms with Gasteiger partial charge in [0, 0.05) is 5.02 Å². The zero-order valence-corrected chi connectivity index (χ0v) is 11.4. The van der Waals surface area contributed by atoms with Crippen LogP contribution in [0.1, 0.15) is 39.5 Å². The Morgan fingerprint density at radius 1 is 1.24 bits per heavy atom. The molecule has 2 heteroatoms. The van der Waals surface area contributed by atoms with Crippen molar-refractivity contribution in [1.29, 1.82) is 0 Å². The molecule has 0 spiro atoms. The van der Waals surface area contributed by atoms with Gasteiger partial charge in [-0.05, 0) is 38.0 Å². The van der Waals surface area contributed by atoms with Gasteiger partial charge in [0.1, 0.15) is 0 Å². The van der Waals surface area contributed by atoms with Gasteiger partial charge >= 0.3 is 0 Å². The second-order valence-corrected chi connectivity index (χ2v) is 4.24. The van der Waals surface area contributed by atoms with Gasteiger partial charge in [-0.1, -0.05) is 55.6 Å². The van der Waals surface area contributed by atoms with Crippen molar-refractivity contribution in [2.75, 3.05) is 0 Å². The Hall–Kier alpha value is -1.08. The first-order valence-corrected chi connectivity index (χ1v) is 6.42. The molecule has 0 fully saturated rings. The van der Waals surface area contributed by atoms with E-state index in [0.29, 0.717) is 0 Å². The Labute approximate surface area is 109 Å². The van der Waals surface area contributed by atoms with Crippen LogP contribution in [-0.2, 0) is 4.79 Å². The topological polar surface area (TPSA) is 17.1 Å². The lowest BCUT2D eigenvalue weighted by molar-refractivity contribution is -0.112. The second kappa shape index (κ2) is 11.4. The highest BCUT2D eigenvalue weighted by atomic mass is 35.5. The average molecular weight is 253 g/mol. The van der Waals surface area contributed by atoms with Gasteiger partial charge in [0.2, 0.25) is 0 Å². The van der Waals surface area contributed by atoms with E-state index < -0.39 is 0 Å². The summed E-state index contributed by atoms with van der Waals surface area (Å²) in [7, 11) is 0. The molecule has 0 aliphatic carbocycles. The van der Waals surface area contributed by atoms with E-state index in [1.165, 1.54) is 19.3 Å². The van der Waals surface area contributed by atoms with E-state index in [1.54, 1.807) is 13.0 Å². The fraction of sp³-hybridized carbons (Fsp3) is 0.400. The van der Waals surface area contributed by atoms with Crippen molar-refractivity contribution >= 4 is 17.4 Å². The third-order valence-electron chi connectivity index (χ3n) is 2.06. The van der Waals surface area contributed by atoms with Crippen molar-refractivity contribution < 1.29 is 4.79 Å². The molecule has 17 heavy (non-hydrogen) atoms. The summed E-state index contributed by atoms with van der Waals surface area (Å²) in [5.74, 6) is 0.150. The van der Waals surface area contributed by atoms with Crippen LogP contribution in [0, 0.1) is 0 Å². The highest BCUT2D eigenvalue weighted by Crippen LogP contribution is 2.03. The van der Waals surface area contributed by atoms with Gasteiger partial charge in [-0.3, -0.25) is 4.79 Å². The number of hydrogen-bond acceptors (Lipinski definition) is 1. The molecule has 0 bridgehead atoms. The highest BCUT2D eigenvalue weighted by Gasteiger charge is 1.83. The summed E-state index contributed by atoms with van der Waals surface area (Å²) in [4.78, 5) is 10.4. The summed E-state index contributed by atoms with van der Waals surface area (Å²) in [6.07, 6.45) is 8.37. The monoisotopic (exact) mass is 252 g/mol. The molecule has 1 aromatic carbocycles. The Bertz CT molecular complexity index is 317. The molecular weight excluding hydrogens is 232 g/mol. The van der Waals surface area contributed by atoms with Crippen LogP contribution in [0.2, 0.25) is 5.02 Å². The molecule has 0 atom stereocenters. The molecule has 1 aromatic rings. The number of unbranched alkanes of at least 4 members (excludes halogenated alkanes) is 3. The minimum absolute atomic E-state index is 0.150. The van der Waals surface area contributed by atoms with Gasteiger partial charge in [-0.25, -0.2) is 0 Å². The van der Waals surface area contributed by atoms with Crippen molar-refractivity contribution in [2.24, 2.45) is 0 Å². The number of rotatable bonds is 5. The van der Waals surface area contributed by atoms with Crippen molar-refractivity contribution in [3.05, 3.63) is 47.5 Å². The minimum Gasteiger partial charge on any atom is -0.295 e. The third kappa shape index (κ3) is 12.9. The molecule has 0 saturated carbocycles. The summed E-state index contributed by atoms with van der Waals surface area (Å²) >= 11 is 5.54. The highest BCUT2D eigenvalue weighted by molar-refractivity contribution is 6.30. The van der Waals surface area contributed by atoms with Crippen LogP contribution >= 0.6 is 11.6 Å². The normalized spacial score (nSPS) is 9.82. The molecular formula is C15H21ClO. The van der Waals surface area contributed by atoms with Gasteiger partial charge in [0.15, 0.2) is 5.78 Å². The van der Waals surface area contributed by atoms with Gasteiger partial charge < -0.3 is 0 Å². The number of ketones is 1. The molecule has 94 valence electrons. The Morgan fingerprint density at radius 2 is 1.88 bits per heavy atom. The molecule has 0 amide bonds. The van der Waals surface area contributed by atoms with Gasteiger partial charge in [-0.2, -0.15) is 0 Å². The molecule has 1 rings (SSSR count). The van der Waals surface area contributed by atoms with Crippen molar-refractivity contribution in [3.8, 4) is 0 Å². The van der Waals surface area contributed by atoms with Crippen molar-refractivity contribution in [2.45, 2.75) is 39.5 Å². The number of allylic oxidation sites excluding steroid dienone is 2. The molecule has 0 radical (unpaired) electrons. The van der Waals surface area contributed by atoms with Crippen LogP contribution in [0.15, 0.2) is 42.5 Å². The van der Waals surface area contributed by atoms with E-state index in [4.69, 9.17) is 11.6 Å². The van der Waals surface area contributed by atoms with E-state index >= 15 is 0 Å². The fourth-order valence-corrected chi connectivity index (χ4v) is 1.32. The number of hydrogen-bond donors (Lipinski definition) is 0. The molecule has 0 aliphatic rings. The third-order valence-corrected chi connectivity index (χ3v) is 2.31. The van der Waals surface area contributed by atoms with E-state index in [9.17, 15) is 4.79 Å². The zero-order valence-electron chi connectivity index (χ0n) is 10.7. The molecule has 0 saturated heterocycles. The first-order valence-electron chi connectivity index (χ1n) is 6.04. The van der Waals surface area contributed by atoms with Gasteiger partial charge in [0.25, 0.3) is 0 Å². The zero-order chi connectivity index (χ0) is 12.9. The molecule has 0 aliphatic heterocycles. The standard InChI is InChI=1S/C9H16O.C6H5Cl/c1-3-4-5-6-7-8-9(2)10;7-6-4-2-1-3-5-6/h7-8H,3-6H2,1-2H3;1-5H. The Balaban J connectivity index is 0.000000318. The molecule has 1 nitrogen and oxygen atoms in total. The van der Waals surface area contributed by atoms with Crippen LogP contribution in [-0.4, -0.2) is 5.78 Å². The van der Waals surface area contributed by atoms with Crippen LogP contribution in [0.4, 0.5) is 0 Å². The van der Waals surface area contributed by atoms with E-state index in [-0.39, 0.29) is 5.78 Å². The molecule has 0 heterocycles. The maximum Gasteiger partial charge on any atom is 0.152 e. The SMILES string of the molecule is CCCCCC=CC(C)=O.Clc1ccccc1. The summed E-state index contributed by atoms with van der Waals surface area (Å²) < 4.78 is 0. The van der Waals surface area contributed by atoms with Gasteiger partial charge in [-0.15, -0.1) is 0 Å². The largest absolute Gasteiger partial charge is 0.295 e. The first kappa shape index (κ1) is 15.9. The smallest absolute Gasteiger partial charge is 0.152 e. The van der Waals surface area contributed by atoms with Crippen LogP contribution in [0.25, 0.3) is 0 Å². The summed E-state index contributed by atoms with van der Waals surface area (Å²) in [5.41, 5.74) is 0. The fourth-order valence-electron chi connectivity index (χ4n) is 1.18. The van der Waals surface area contributed by atoms with Crippen LogP contribution < -0.4 is 0 Å². The quantitative estimate of drug-likeness (QED) is 0.529. The predicted molar refractivity (Wildman–Crippen MR) is 75.4 cm³/mol. The van der Waals surface area contributed by atoms with Crippen molar-refractivity contribution in [1.82, 2.24) is 0 Å². The van der Waals surface area contributed by atoms with E-state index in [1.807, 2.05) is 36.4 Å². The second-order valence-electron chi connectivity index (χ2n) is 3.80.